The van der Waals surface area contributed by atoms with Crippen molar-refractivity contribution in [2.24, 2.45) is 0 Å². The standard InChI is InChI=1S/C15H14ClN3O3/c1-22-13-7-6-12(9-17-13)19-15(21)14(20)18-8-10-2-4-11(16)5-3-10/h2-7,9H,8H2,1H3,(H,18,20)(H,19,21). The van der Waals surface area contributed by atoms with Crippen molar-refractivity contribution in [1.82, 2.24) is 10.3 Å². The van der Waals surface area contributed by atoms with E-state index in [1.807, 2.05) is 0 Å². The van der Waals surface area contributed by atoms with Gasteiger partial charge in [0, 0.05) is 17.6 Å². The minimum Gasteiger partial charge on any atom is -0.481 e. The van der Waals surface area contributed by atoms with Gasteiger partial charge in [0.1, 0.15) is 0 Å². The smallest absolute Gasteiger partial charge is 0.313 e. The van der Waals surface area contributed by atoms with Crippen LogP contribution in [0.15, 0.2) is 42.6 Å². The van der Waals surface area contributed by atoms with Gasteiger partial charge < -0.3 is 15.4 Å². The van der Waals surface area contributed by atoms with Crippen LogP contribution in [-0.4, -0.2) is 23.9 Å². The number of hydrogen-bond donors (Lipinski definition) is 2. The maximum absolute atomic E-state index is 11.7. The van der Waals surface area contributed by atoms with Gasteiger partial charge in [0.05, 0.1) is 19.0 Å². The first-order valence-electron chi connectivity index (χ1n) is 6.42. The van der Waals surface area contributed by atoms with Gasteiger partial charge in [-0.25, -0.2) is 4.98 Å². The zero-order valence-corrected chi connectivity index (χ0v) is 12.6. The highest BCUT2D eigenvalue weighted by Gasteiger charge is 2.13. The Morgan fingerprint density at radius 3 is 2.45 bits per heavy atom. The Morgan fingerprint density at radius 2 is 1.86 bits per heavy atom. The van der Waals surface area contributed by atoms with E-state index in [0.717, 1.165) is 5.56 Å². The lowest BCUT2D eigenvalue weighted by atomic mass is 10.2. The first-order chi connectivity index (χ1) is 10.6. The van der Waals surface area contributed by atoms with Crippen LogP contribution in [0, 0.1) is 0 Å². The van der Waals surface area contributed by atoms with Crippen LogP contribution in [0.25, 0.3) is 0 Å². The van der Waals surface area contributed by atoms with E-state index in [-0.39, 0.29) is 6.54 Å². The van der Waals surface area contributed by atoms with Gasteiger partial charge in [-0.05, 0) is 23.8 Å². The lowest BCUT2D eigenvalue weighted by Crippen LogP contribution is -2.34. The Balaban J connectivity index is 1.86. The van der Waals surface area contributed by atoms with Crippen LogP contribution in [0.2, 0.25) is 5.02 Å². The number of ether oxygens (including phenoxy) is 1. The minimum absolute atomic E-state index is 0.240. The highest BCUT2D eigenvalue weighted by atomic mass is 35.5. The molecule has 0 saturated carbocycles. The monoisotopic (exact) mass is 319 g/mol. The number of hydrogen-bond acceptors (Lipinski definition) is 4. The molecule has 22 heavy (non-hydrogen) atoms. The second kappa shape index (κ2) is 7.42. The fourth-order valence-corrected chi connectivity index (χ4v) is 1.75. The van der Waals surface area contributed by atoms with Crippen molar-refractivity contribution in [3.63, 3.8) is 0 Å². The molecule has 1 heterocycles. The molecule has 114 valence electrons. The van der Waals surface area contributed by atoms with E-state index in [2.05, 4.69) is 15.6 Å². The normalized spacial score (nSPS) is 9.91. The number of aromatic nitrogens is 1. The SMILES string of the molecule is COc1ccc(NC(=O)C(=O)NCc2ccc(Cl)cc2)cn1. The van der Waals surface area contributed by atoms with Crippen molar-refractivity contribution in [2.75, 3.05) is 12.4 Å². The number of benzene rings is 1. The molecule has 0 bridgehead atoms. The first kappa shape index (κ1) is 15.8. The topological polar surface area (TPSA) is 80.3 Å². The van der Waals surface area contributed by atoms with Gasteiger partial charge in [-0.2, -0.15) is 0 Å². The summed E-state index contributed by atoms with van der Waals surface area (Å²) in [4.78, 5) is 27.4. The van der Waals surface area contributed by atoms with Crippen LogP contribution in [-0.2, 0) is 16.1 Å². The number of nitrogens with zero attached hydrogens (tertiary/aromatic N) is 1. The minimum atomic E-state index is -0.763. The molecule has 0 fully saturated rings. The largest absolute Gasteiger partial charge is 0.481 e. The second-order valence-corrected chi connectivity index (χ2v) is 4.79. The number of nitrogens with one attached hydrogen (secondary N) is 2. The summed E-state index contributed by atoms with van der Waals surface area (Å²) in [6, 6.07) is 10.2. The molecule has 2 N–H and O–H groups in total. The highest BCUT2D eigenvalue weighted by Crippen LogP contribution is 2.11. The lowest BCUT2D eigenvalue weighted by Gasteiger charge is -2.07. The molecule has 0 aliphatic rings. The zero-order valence-electron chi connectivity index (χ0n) is 11.8. The van der Waals surface area contributed by atoms with E-state index in [0.29, 0.717) is 16.6 Å². The van der Waals surface area contributed by atoms with Crippen LogP contribution < -0.4 is 15.4 Å². The Morgan fingerprint density at radius 1 is 1.14 bits per heavy atom. The van der Waals surface area contributed by atoms with Gasteiger partial charge in [0.25, 0.3) is 0 Å². The molecule has 0 saturated heterocycles. The van der Waals surface area contributed by atoms with Crippen molar-refractivity contribution >= 4 is 29.1 Å². The lowest BCUT2D eigenvalue weighted by molar-refractivity contribution is -0.136. The van der Waals surface area contributed by atoms with Crippen LogP contribution in [0.5, 0.6) is 5.88 Å². The highest BCUT2D eigenvalue weighted by molar-refractivity contribution is 6.39. The Labute approximate surface area is 132 Å². The molecule has 0 atom stereocenters. The fourth-order valence-electron chi connectivity index (χ4n) is 1.63. The molecule has 7 heteroatoms. The Hall–Kier alpha value is -2.60. The Bertz CT molecular complexity index is 657. The molecule has 2 amide bonds. The summed E-state index contributed by atoms with van der Waals surface area (Å²) in [5.41, 5.74) is 1.25. The number of anilines is 1. The molecule has 0 aliphatic carbocycles. The van der Waals surface area contributed by atoms with Crippen molar-refractivity contribution in [3.05, 3.63) is 53.2 Å². The molecule has 2 rings (SSSR count). The van der Waals surface area contributed by atoms with E-state index in [1.54, 1.807) is 36.4 Å². The molecule has 0 aliphatic heterocycles. The molecule has 6 nitrogen and oxygen atoms in total. The fraction of sp³-hybridized carbons (Fsp3) is 0.133. The molecule has 2 aromatic rings. The van der Waals surface area contributed by atoms with Crippen LogP contribution in [0.4, 0.5) is 5.69 Å². The summed E-state index contributed by atoms with van der Waals surface area (Å²) in [5.74, 6) is -1.07. The van der Waals surface area contributed by atoms with Gasteiger partial charge in [0.2, 0.25) is 5.88 Å². The summed E-state index contributed by atoms with van der Waals surface area (Å²) in [7, 11) is 1.49. The number of amides is 2. The van der Waals surface area contributed by atoms with E-state index in [9.17, 15) is 9.59 Å². The van der Waals surface area contributed by atoms with Gasteiger partial charge in [0.15, 0.2) is 0 Å². The van der Waals surface area contributed by atoms with Crippen LogP contribution in [0.1, 0.15) is 5.56 Å². The number of methoxy groups -OCH3 is 1. The number of halogens is 1. The van der Waals surface area contributed by atoms with Crippen molar-refractivity contribution in [2.45, 2.75) is 6.54 Å². The van der Waals surface area contributed by atoms with E-state index >= 15 is 0 Å². The van der Waals surface area contributed by atoms with E-state index < -0.39 is 11.8 Å². The van der Waals surface area contributed by atoms with Crippen LogP contribution in [0.3, 0.4) is 0 Å². The number of carbonyl (C=O) groups excluding carboxylic acids is 2. The summed E-state index contributed by atoms with van der Waals surface area (Å²) in [6.45, 7) is 0.240. The third-order valence-electron chi connectivity index (χ3n) is 2.78. The second-order valence-electron chi connectivity index (χ2n) is 4.35. The van der Waals surface area contributed by atoms with Gasteiger partial charge in [-0.3, -0.25) is 9.59 Å². The summed E-state index contributed by atoms with van der Waals surface area (Å²) in [5, 5.41) is 5.58. The van der Waals surface area contributed by atoms with Gasteiger partial charge >= 0.3 is 11.8 Å². The molecule has 0 spiro atoms. The maximum Gasteiger partial charge on any atom is 0.313 e. The van der Waals surface area contributed by atoms with Gasteiger partial charge in [-0.15, -0.1) is 0 Å². The molecule has 1 aromatic carbocycles. The van der Waals surface area contributed by atoms with E-state index in [1.165, 1.54) is 13.3 Å². The average molecular weight is 320 g/mol. The zero-order chi connectivity index (χ0) is 15.9. The number of pyridine rings is 1. The molecular weight excluding hydrogens is 306 g/mol. The van der Waals surface area contributed by atoms with Crippen molar-refractivity contribution < 1.29 is 14.3 Å². The first-order valence-corrected chi connectivity index (χ1v) is 6.80. The molecule has 0 unspecified atom stereocenters. The average Bonchev–Trinajstić information content (AvgIpc) is 2.54. The van der Waals surface area contributed by atoms with Crippen molar-refractivity contribution in [1.29, 1.82) is 0 Å². The predicted octanol–water partition coefficient (Wildman–Crippen LogP) is 2.00. The molecule has 1 aromatic heterocycles. The van der Waals surface area contributed by atoms with Crippen LogP contribution >= 0.6 is 11.6 Å². The molecular formula is C15H14ClN3O3. The molecule has 0 radical (unpaired) electrons. The Kier molecular flexibility index (Phi) is 5.32. The third kappa shape index (κ3) is 4.46. The van der Waals surface area contributed by atoms with Gasteiger partial charge in [-0.1, -0.05) is 23.7 Å². The number of carbonyl (C=O) groups is 2. The summed E-state index contributed by atoms with van der Waals surface area (Å²) >= 11 is 5.77. The predicted molar refractivity (Wildman–Crippen MR) is 82.7 cm³/mol. The summed E-state index contributed by atoms with van der Waals surface area (Å²) < 4.78 is 4.91. The van der Waals surface area contributed by atoms with E-state index in [4.69, 9.17) is 16.3 Å². The summed E-state index contributed by atoms with van der Waals surface area (Å²) in [6.07, 6.45) is 1.41. The third-order valence-corrected chi connectivity index (χ3v) is 3.03. The van der Waals surface area contributed by atoms with Crippen molar-refractivity contribution in [3.8, 4) is 5.88 Å². The maximum atomic E-state index is 11.7. The quantitative estimate of drug-likeness (QED) is 0.845. The number of rotatable bonds is 4.